The predicted molar refractivity (Wildman–Crippen MR) is 114 cm³/mol. The summed E-state index contributed by atoms with van der Waals surface area (Å²) in [6.07, 6.45) is 3.29. The lowest BCUT2D eigenvalue weighted by atomic mass is 9.98. The molecule has 4 nitrogen and oxygen atoms in total. The van der Waals surface area contributed by atoms with Crippen molar-refractivity contribution in [1.82, 2.24) is 0 Å². The average molecular weight is 387 g/mol. The maximum absolute atomic E-state index is 9.57. The number of hydrogen-bond donors (Lipinski definition) is 2. The third-order valence-electron chi connectivity index (χ3n) is 5.03. The van der Waals surface area contributed by atoms with Crippen LogP contribution in [-0.4, -0.2) is 23.9 Å². The molecular formula is C24H34O4. The largest absolute Gasteiger partial charge is 0.496 e. The van der Waals surface area contributed by atoms with Crippen molar-refractivity contribution in [3.8, 4) is 22.6 Å². The fraction of sp³-hybridized carbons (Fsp3) is 0.500. The van der Waals surface area contributed by atoms with Gasteiger partial charge in [-0.3, -0.25) is 0 Å². The number of rotatable bonds is 11. The molecule has 0 aliphatic heterocycles. The van der Waals surface area contributed by atoms with Gasteiger partial charge in [-0.15, -0.1) is 0 Å². The van der Waals surface area contributed by atoms with Crippen LogP contribution in [0.5, 0.6) is 11.5 Å². The Bertz CT molecular complexity index is 724. The molecular weight excluding hydrogens is 352 g/mol. The van der Waals surface area contributed by atoms with Gasteiger partial charge in [0, 0.05) is 5.56 Å². The van der Waals surface area contributed by atoms with Gasteiger partial charge in [-0.25, -0.2) is 0 Å². The Morgan fingerprint density at radius 2 is 1.64 bits per heavy atom. The van der Waals surface area contributed by atoms with Gasteiger partial charge in [0.05, 0.1) is 13.7 Å². The van der Waals surface area contributed by atoms with Gasteiger partial charge in [0.25, 0.3) is 0 Å². The Balaban J connectivity index is 1.96. The van der Waals surface area contributed by atoms with E-state index < -0.39 is 6.29 Å². The molecule has 28 heavy (non-hydrogen) atoms. The van der Waals surface area contributed by atoms with Crippen LogP contribution in [0.25, 0.3) is 11.1 Å². The van der Waals surface area contributed by atoms with Crippen LogP contribution in [0.4, 0.5) is 0 Å². The number of ether oxygens (including phenoxy) is 2. The SMILES string of the molecule is COc1ccc(-c2cccc(OCCC(C)CCCC(C)C)c2)cc1C(O)O. The quantitative estimate of drug-likeness (QED) is 0.495. The van der Waals surface area contributed by atoms with E-state index >= 15 is 0 Å². The second-order valence-electron chi connectivity index (χ2n) is 7.93. The Kier molecular flexibility index (Phi) is 8.81. The summed E-state index contributed by atoms with van der Waals surface area (Å²) in [5.74, 6) is 2.72. The van der Waals surface area contributed by atoms with Gasteiger partial charge in [0.1, 0.15) is 11.5 Å². The summed E-state index contributed by atoms with van der Waals surface area (Å²) >= 11 is 0. The first-order chi connectivity index (χ1) is 13.4. The molecule has 0 heterocycles. The van der Waals surface area contributed by atoms with E-state index in [4.69, 9.17) is 9.47 Å². The third kappa shape index (κ3) is 6.84. The molecule has 0 radical (unpaired) electrons. The van der Waals surface area contributed by atoms with E-state index in [2.05, 4.69) is 20.8 Å². The number of benzene rings is 2. The maximum Gasteiger partial charge on any atom is 0.182 e. The van der Waals surface area contributed by atoms with E-state index in [0.717, 1.165) is 29.2 Å². The smallest absolute Gasteiger partial charge is 0.182 e. The summed E-state index contributed by atoms with van der Waals surface area (Å²) < 4.78 is 11.2. The minimum Gasteiger partial charge on any atom is -0.496 e. The van der Waals surface area contributed by atoms with Crippen molar-refractivity contribution in [2.75, 3.05) is 13.7 Å². The molecule has 2 aromatic carbocycles. The van der Waals surface area contributed by atoms with Crippen molar-refractivity contribution < 1.29 is 19.7 Å². The standard InChI is InChI=1S/C24H34O4/c1-17(2)7-5-8-18(3)13-14-28-21-10-6-9-19(15-21)20-11-12-23(27-4)22(16-20)24(25)26/h6,9-12,15-18,24-26H,5,7-8,13-14H2,1-4H3. The van der Waals surface area contributed by atoms with Crippen molar-refractivity contribution in [1.29, 1.82) is 0 Å². The van der Waals surface area contributed by atoms with Crippen LogP contribution >= 0.6 is 0 Å². The van der Waals surface area contributed by atoms with E-state index in [1.54, 1.807) is 12.1 Å². The lowest BCUT2D eigenvalue weighted by Crippen LogP contribution is -2.05. The summed E-state index contributed by atoms with van der Waals surface area (Å²) in [6, 6.07) is 13.3. The van der Waals surface area contributed by atoms with Gasteiger partial charge >= 0.3 is 0 Å². The van der Waals surface area contributed by atoms with Crippen LogP contribution in [0.15, 0.2) is 42.5 Å². The van der Waals surface area contributed by atoms with Crippen LogP contribution < -0.4 is 9.47 Å². The fourth-order valence-corrected chi connectivity index (χ4v) is 3.28. The molecule has 0 aromatic heterocycles. The van der Waals surface area contributed by atoms with E-state index in [1.165, 1.54) is 26.4 Å². The number of methoxy groups -OCH3 is 1. The highest BCUT2D eigenvalue weighted by Gasteiger charge is 2.12. The lowest BCUT2D eigenvalue weighted by Gasteiger charge is -2.14. The van der Waals surface area contributed by atoms with Crippen molar-refractivity contribution in [3.05, 3.63) is 48.0 Å². The minimum absolute atomic E-state index is 0.349. The summed E-state index contributed by atoms with van der Waals surface area (Å²) in [5.41, 5.74) is 2.20. The molecule has 0 saturated carbocycles. The second kappa shape index (κ2) is 11.1. The van der Waals surface area contributed by atoms with Gasteiger partial charge in [0.15, 0.2) is 6.29 Å². The highest BCUT2D eigenvalue weighted by Crippen LogP contribution is 2.31. The van der Waals surface area contributed by atoms with E-state index in [9.17, 15) is 10.2 Å². The van der Waals surface area contributed by atoms with Gasteiger partial charge in [-0.1, -0.05) is 58.2 Å². The molecule has 1 unspecified atom stereocenters. The van der Waals surface area contributed by atoms with E-state index in [-0.39, 0.29) is 0 Å². The van der Waals surface area contributed by atoms with Crippen molar-refractivity contribution in [2.24, 2.45) is 11.8 Å². The normalized spacial score (nSPS) is 12.4. The molecule has 0 amide bonds. The Labute approximate surface area is 169 Å². The van der Waals surface area contributed by atoms with Gasteiger partial charge in [-0.2, -0.15) is 0 Å². The first kappa shape index (κ1) is 22.3. The summed E-state index contributed by atoms with van der Waals surface area (Å²) in [6.45, 7) is 7.54. The van der Waals surface area contributed by atoms with Gasteiger partial charge in [0.2, 0.25) is 0 Å². The summed E-state index contributed by atoms with van der Waals surface area (Å²) in [4.78, 5) is 0. The van der Waals surface area contributed by atoms with Crippen LogP contribution in [0, 0.1) is 11.8 Å². The van der Waals surface area contributed by atoms with Crippen LogP contribution in [0.1, 0.15) is 58.3 Å². The molecule has 0 aliphatic carbocycles. The highest BCUT2D eigenvalue weighted by molar-refractivity contribution is 5.67. The van der Waals surface area contributed by atoms with Gasteiger partial charge in [-0.05, 0) is 53.6 Å². The Morgan fingerprint density at radius 1 is 0.893 bits per heavy atom. The summed E-state index contributed by atoms with van der Waals surface area (Å²) in [5, 5.41) is 19.1. The minimum atomic E-state index is -1.58. The first-order valence-electron chi connectivity index (χ1n) is 10.2. The van der Waals surface area contributed by atoms with Crippen LogP contribution in [0.2, 0.25) is 0 Å². The van der Waals surface area contributed by atoms with E-state index in [0.29, 0.717) is 23.8 Å². The molecule has 0 spiro atoms. The third-order valence-corrected chi connectivity index (χ3v) is 5.03. The monoisotopic (exact) mass is 386 g/mol. The Morgan fingerprint density at radius 3 is 2.32 bits per heavy atom. The van der Waals surface area contributed by atoms with Crippen molar-refractivity contribution in [2.45, 2.75) is 52.7 Å². The van der Waals surface area contributed by atoms with Crippen molar-refractivity contribution >= 4 is 0 Å². The average Bonchev–Trinajstić information content (AvgIpc) is 2.67. The molecule has 1 atom stereocenters. The molecule has 154 valence electrons. The summed E-state index contributed by atoms with van der Waals surface area (Å²) in [7, 11) is 1.51. The molecule has 0 bridgehead atoms. The van der Waals surface area contributed by atoms with Crippen molar-refractivity contribution in [3.63, 3.8) is 0 Å². The van der Waals surface area contributed by atoms with Crippen LogP contribution in [-0.2, 0) is 0 Å². The highest BCUT2D eigenvalue weighted by atomic mass is 16.5. The molecule has 4 heteroatoms. The topological polar surface area (TPSA) is 58.9 Å². The fourth-order valence-electron chi connectivity index (χ4n) is 3.28. The predicted octanol–water partition coefficient (Wildman–Crippen LogP) is 5.58. The first-order valence-corrected chi connectivity index (χ1v) is 10.2. The number of hydrogen-bond acceptors (Lipinski definition) is 4. The second-order valence-corrected chi connectivity index (χ2v) is 7.93. The lowest BCUT2D eigenvalue weighted by molar-refractivity contribution is -0.0438. The van der Waals surface area contributed by atoms with Gasteiger partial charge < -0.3 is 19.7 Å². The number of aliphatic hydroxyl groups is 2. The molecule has 2 N–H and O–H groups in total. The number of aliphatic hydroxyl groups excluding tert-OH is 1. The maximum atomic E-state index is 9.57. The zero-order valence-electron chi connectivity index (χ0n) is 17.5. The molecule has 2 rings (SSSR count). The molecule has 2 aromatic rings. The zero-order valence-corrected chi connectivity index (χ0v) is 17.5. The molecule has 0 fully saturated rings. The zero-order chi connectivity index (χ0) is 20.5. The van der Waals surface area contributed by atoms with Crippen LogP contribution in [0.3, 0.4) is 0 Å². The molecule has 0 saturated heterocycles. The molecule has 0 aliphatic rings. The Hall–Kier alpha value is -2.04. The van der Waals surface area contributed by atoms with E-state index in [1.807, 2.05) is 30.3 Å².